The van der Waals surface area contributed by atoms with Crippen LogP contribution in [-0.2, 0) is 9.53 Å². The van der Waals surface area contributed by atoms with Gasteiger partial charge in [-0.05, 0) is 32.9 Å². The van der Waals surface area contributed by atoms with E-state index in [4.69, 9.17) is 4.74 Å². The monoisotopic (exact) mass is 398 g/mol. The van der Waals surface area contributed by atoms with Crippen LogP contribution in [0.3, 0.4) is 0 Å². The average molecular weight is 398 g/mol. The Hall–Kier alpha value is -2.58. The third kappa shape index (κ3) is 5.97. The lowest BCUT2D eigenvalue weighted by Gasteiger charge is -2.34. The number of aryl methyl sites for hydroxylation is 1. The van der Waals surface area contributed by atoms with Gasteiger partial charge in [-0.15, -0.1) is 0 Å². The summed E-state index contributed by atoms with van der Waals surface area (Å²) >= 11 is 0. The summed E-state index contributed by atoms with van der Waals surface area (Å²) < 4.78 is 42.1. The van der Waals surface area contributed by atoms with Crippen molar-refractivity contribution in [1.82, 2.24) is 14.9 Å². The van der Waals surface area contributed by atoms with Crippen LogP contribution in [-0.4, -0.2) is 39.6 Å². The van der Waals surface area contributed by atoms with Gasteiger partial charge in [0.1, 0.15) is 5.76 Å². The fourth-order valence-electron chi connectivity index (χ4n) is 2.63. The molecule has 1 aliphatic heterocycles. The Bertz CT molecular complexity index is 775. The van der Waals surface area contributed by atoms with Crippen molar-refractivity contribution >= 4 is 11.9 Å². The highest BCUT2D eigenvalue weighted by Crippen LogP contribution is 2.28. The minimum Gasteiger partial charge on any atom is -0.483 e. The van der Waals surface area contributed by atoms with E-state index in [9.17, 15) is 18.0 Å². The van der Waals surface area contributed by atoms with Gasteiger partial charge in [0.25, 0.3) is 0 Å². The summed E-state index contributed by atoms with van der Waals surface area (Å²) in [5.74, 6) is -0.0746. The number of amides is 1. The number of hydrogen-bond donors (Lipinski definition) is 1. The van der Waals surface area contributed by atoms with Crippen molar-refractivity contribution in [3.05, 3.63) is 41.6 Å². The summed E-state index contributed by atoms with van der Waals surface area (Å²) in [6.45, 7) is 7.77. The Morgan fingerprint density at radius 3 is 2.61 bits per heavy atom. The molecule has 0 aliphatic carbocycles. The lowest BCUT2D eigenvalue weighted by atomic mass is 10.1. The number of hydrogen-bond acceptors (Lipinski definition) is 5. The summed E-state index contributed by atoms with van der Waals surface area (Å²) in [7, 11) is 0. The molecule has 2 atom stereocenters. The Morgan fingerprint density at radius 2 is 2.00 bits per heavy atom. The molecule has 1 amide bonds. The highest BCUT2D eigenvalue weighted by molar-refractivity contribution is 5.90. The summed E-state index contributed by atoms with van der Waals surface area (Å²) in [4.78, 5) is 22.4. The van der Waals surface area contributed by atoms with Crippen LogP contribution >= 0.6 is 0 Å². The topological polar surface area (TPSA) is 67.3 Å². The van der Waals surface area contributed by atoms with Gasteiger partial charge in [0, 0.05) is 23.9 Å². The maximum Gasteiger partial charge on any atom is 0.422 e. The molecule has 1 aromatic heterocycles. The first-order chi connectivity index (χ1) is 13.0. The molecule has 28 heavy (non-hydrogen) atoms. The molecule has 6 nitrogen and oxygen atoms in total. The predicted octanol–water partition coefficient (Wildman–Crippen LogP) is 4.12. The molecule has 0 saturated carbocycles. The van der Waals surface area contributed by atoms with Crippen molar-refractivity contribution in [3.8, 4) is 0 Å². The summed E-state index contributed by atoms with van der Waals surface area (Å²) in [6, 6.07) is 1.43. The molecule has 0 aromatic carbocycles. The number of anilines is 1. The zero-order chi connectivity index (χ0) is 21.1. The molecular formula is C19H25F3N4O2. The van der Waals surface area contributed by atoms with E-state index >= 15 is 0 Å². The minimum absolute atomic E-state index is 0.0720. The van der Waals surface area contributed by atoms with Gasteiger partial charge >= 0.3 is 6.18 Å². The molecule has 0 radical (unpaired) electrons. The predicted molar refractivity (Wildman–Crippen MR) is 99.2 cm³/mol. The number of alkyl halides is 3. The molecule has 0 saturated heterocycles. The summed E-state index contributed by atoms with van der Waals surface area (Å²) in [5.41, 5.74) is 1.31. The number of allylic oxidation sites excluding steroid dienone is 1. The van der Waals surface area contributed by atoms with E-state index in [1.165, 1.54) is 6.08 Å². The highest BCUT2D eigenvalue weighted by Gasteiger charge is 2.30. The second-order valence-electron chi connectivity index (χ2n) is 7.06. The molecule has 1 aliphatic rings. The van der Waals surface area contributed by atoms with Gasteiger partial charge in [-0.2, -0.15) is 13.2 Å². The molecule has 1 aromatic rings. The quantitative estimate of drug-likeness (QED) is 0.781. The molecular weight excluding hydrogens is 373 g/mol. The van der Waals surface area contributed by atoms with Gasteiger partial charge in [-0.25, -0.2) is 9.97 Å². The number of rotatable bonds is 6. The van der Waals surface area contributed by atoms with Crippen LogP contribution < -0.4 is 5.32 Å². The lowest BCUT2D eigenvalue weighted by Crippen LogP contribution is -2.33. The van der Waals surface area contributed by atoms with Crippen LogP contribution in [0.1, 0.15) is 45.1 Å². The Balaban J connectivity index is 2.22. The van der Waals surface area contributed by atoms with E-state index in [2.05, 4.69) is 15.3 Å². The Morgan fingerprint density at radius 1 is 1.32 bits per heavy atom. The molecule has 2 heterocycles. The van der Waals surface area contributed by atoms with Gasteiger partial charge in [0.05, 0.1) is 11.7 Å². The van der Waals surface area contributed by atoms with Crippen molar-refractivity contribution < 1.29 is 22.7 Å². The van der Waals surface area contributed by atoms with Crippen LogP contribution in [0.5, 0.6) is 0 Å². The number of ether oxygens (including phenoxy) is 1. The van der Waals surface area contributed by atoms with Gasteiger partial charge in [-0.1, -0.05) is 19.9 Å². The molecule has 2 rings (SSSR count). The lowest BCUT2D eigenvalue weighted by molar-refractivity contribution is -0.164. The maximum absolute atomic E-state index is 12.4. The van der Waals surface area contributed by atoms with Crippen molar-refractivity contribution in [2.75, 3.05) is 11.9 Å². The number of carbonyl (C=O) groups is 1. The molecule has 154 valence electrons. The zero-order valence-electron chi connectivity index (χ0n) is 16.5. The van der Waals surface area contributed by atoms with Crippen LogP contribution in [0.2, 0.25) is 0 Å². The molecule has 1 N–H and O–H groups in total. The van der Waals surface area contributed by atoms with E-state index in [1.54, 1.807) is 39.1 Å². The average Bonchev–Trinajstić information content (AvgIpc) is 2.59. The van der Waals surface area contributed by atoms with Gasteiger partial charge in [-0.3, -0.25) is 10.1 Å². The first-order valence-electron chi connectivity index (χ1n) is 8.99. The minimum atomic E-state index is -4.40. The molecule has 0 spiro atoms. The molecule has 9 heteroatoms. The Labute approximate surface area is 162 Å². The molecule has 0 bridgehead atoms. The molecule has 2 unspecified atom stereocenters. The van der Waals surface area contributed by atoms with E-state index in [1.807, 2.05) is 18.7 Å². The van der Waals surface area contributed by atoms with Crippen molar-refractivity contribution in [3.63, 3.8) is 0 Å². The number of halogens is 3. The number of nitrogens with zero attached hydrogens (tertiary/aromatic N) is 3. The third-order valence-electron chi connectivity index (χ3n) is 4.20. The van der Waals surface area contributed by atoms with Gasteiger partial charge in [0.2, 0.25) is 11.9 Å². The largest absolute Gasteiger partial charge is 0.483 e. The molecule has 0 fully saturated rings. The summed E-state index contributed by atoms with van der Waals surface area (Å²) in [6.07, 6.45) is 0.434. The fourth-order valence-corrected chi connectivity index (χ4v) is 2.63. The summed E-state index contributed by atoms with van der Waals surface area (Å²) in [5, 5.41) is 2.68. The van der Waals surface area contributed by atoms with E-state index in [0.717, 1.165) is 0 Å². The van der Waals surface area contributed by atoms with Gasteiger partial charge in [0.15, 0.2) is 6.61 Å². The second kappa shape index (κ2) is 8.62. The van der Waals surface area contributed by atoms with E-state index in [0.29, 0.717) is 11.4 Å². The number of aromatic nitrogens is 2. The van der Waals surface area contributed by atoms with Crippen molar-refractivity contribution in [1.29, 1.82) is 0 Å². The standard InChI is InChI=1S/C19H25F3N4O2/c1-11(2)17(27)25-18-23-12(3)8-16(24-18)14(5)26-9-15(7-6-13(26)4)28-10-19(20,21)22/h6-9,11,13-14H,10H2,1-5H3,(H,23,24,25,27). The third-order valence-corrected chi connectivity index (χ3v) is 4.20. The van der Waals surface area contributed by atoms with Crippen LogP contribution in [0.15, 0.2) is 30.2 Å². The van der Waals surface area contributed by atoms with Crippen LogP contribution in [0.4, 0.5) is 19.1 Å². The maximum atomic E-state index is 12.4. The number of carbonyl (C=O) groups excluding carboxylic acids is 1. The SMILES string of the molecule is Cc1cc(C(C)N2C=C(OCC(F)(F)F)C=CC2C)nc(NC(=O)C(C)C)n1. The van der Waals surface area contributed by atoms with Crippen LogP contribution in [0.25, 0.3) is 0 Å². The highest BCUT2D eigenvalue weighted by atomic mass is 19.4. The van der Waals surface area contributed by atoms with Crippen LogP contribution in [0, 0.1) is 12.8 Å². The second-order valence-corrected chi connectivity index (χ2v) is 7.06. The van der Waals surface area contributed by atoms with Gasteiger partial charge < -0.3 is 9.64 Å². The normalized spacial score (nSPS) is 18.1. The Kier molecular flexibility index (Phi) is 6.69. The fraction of sp³-hybridized carbons (Fsp3) is 0.526. The van der Waals surface area contributed by atoms with Crippen molar-refractivity contribution in [2.24, 2.45) is 5.92 Å². The zero-order valence-corrected chi connectivity index (χ0v) is 16.5. The van der Waals surface area contributed by atoms with Crippen molar-refractivity contribution in [2.45, 2.75) is 52.9 Å². The number of nitrogens with one attached hydrogen (secondary N) is 1. The first-order valence-corrected chi connectivity index (χ1v) is 8.99. The van der Waals surface area contributed by atoms with E-state index < -0.39 is 12.8 Å². The first kappa shape index (κ1) is 21.7. The smallest absolute Gasteiger partial charge is 0.422 e. The van der Waals surface area contributed by atoms with E-state index in [-0.39, 0.29) is 35.6 Å².